The molecule has 0 aliphatic carbocycles. The number of hydrogen-bond donors (Lipinski definition) is 0. The molecule has 8 heteroatoms. The molecule has 0 spiro atoms. The molecule has 3 aromatic carbocycles. The van der Waals surface area contributed by atoms with Gasteiger partial charge in [-0.25, -0.2) is 0 Å². The van der Waals surface area contributed by atoms with Gasteiger partial charge in [0.15, 0.2) is 0 Å². The predicted molar refractivity (Wildman–Crippen MR) is 146 cm³/mol. The molecule has 0 atom stereocenters. The van der Waals surface area contributed by atoms with Gasteiger partial charge in [-0.15, -0.1) is 0 Å². The third-order valence-corrected chi connectivity index (χ3v) is 7.60. The molecule has 0 aromatic heterocycles. The van der Waals surface area contributed by atoms with Crippen LogP contribution < -0.4 is 9.64 Å². The van der Waals surface area contributed by atoms with Crippen LogP contribution in [-0.2, 0) is 19.1 Å². The van der Waals surface area contributed by atoms with E-state index in [4.69, 9.17) is 20.5 Å². The van der Waals surface area contributed by atoms with Crippen molar-refractivity contribution in [2.75, 3.05) is 18.1 Å². The van der Waals surface area contributed by atoms with Crippen LogP contribution in [0.3, 0.4) is 0 Å². The maximum Gasteiger partial charge on any atom is 0.296 e. The number of ether oxygens (including phenoxy) is 1. The van der Waals surface area contributed by atoms with Gasteiger partial charge >= 0.3 is 0 Å². The van der Waals surface area contributed by atoms with E-state index in [1.54, 1.807) is 29.2 Å². The van der Waals surface area contributed by atoms with E-state index in [2.05, 4.69) is 0 Å². The maximum absolute atomic E-state index is 13.6. The summed E-state index contributed by atoms with van der Waals surface area (Å²) in [6.07, 6.45) is 2.05. The Morgan fingerprint density at radius 2 is 1.57 bits per heavy atom. The molecule has 0 saturated carbocycles. The largest absolute Gasteiger partial charge is 0.494 e. The van der Waals surface area contributed by atoms with E-state index >= 15 is 0 Å². The molecule has 4 rings (SSSR count). The van der Waals surface area contributed by atoms with Gasteiger partial charge in [0.25, 0.3) is 16.0 Å². The summed E-state index contributed by atoms with van der Waals surface area (Å²) in [5, 5.41) is 0.618. The summed E-state index contributed by atoms with van der Waals surface area (Å²) < 4.78 is 36.1. The van der Waals surface area contributed by atoms with Gasteiger partial charge in [-0.05, 0) is 86.5 Å². The van der Waals surface area contributed by atoms with Crippen molar-refractivity contribution in [3.05, 3.63) is 106 Å². The van der Waals surface area contributed by atoms with Crippen LogP contribution in [0.15, 0.2) is 94.5 Å². The summed E-state index contributed by atoms with van der Waals surface area (Å²) in [6.45, 7) is 6.03. The van der Waals surface area contributed by atoms with Crippen molar-refractivity contribution >= 4 is 39.4 Å². The van der Waals surface area contributed by atoms with Gasteiger partial charge in [0.1, 0.15) is 5.75 Å². The first-order valence-electron chi connectivity index (χ1n) is 11.9. The van der Waals surface area contributed by atoms with Crippen LogP contribution in [0.1, 0.15) is 31.4 Å². The first kappa shape index (κ1) is 26.7. The molecule has 0 radical (unpaired) electrons. The number of carbonyl (C=O) groups is 1. The second-order valence-electron chi connectivity index (χ2n) is 8.59. The monoisotopic (exact) mass is 537 g/mol. The minimum Gasteiger partial charge on any atom is -0.494 e. The summed E-state index contributed by atoms with van der Waals surface area (Å²) in [5.41, 5.74) is 4.45. The second-order valence-corrected chi connectivity index (χ2v) is 10.6. The van der Waals surface area contributed by atoms with Crippen LogP contribution in [0.4, 0.5) is 5.69 Å². The van der Waals surface area contributed by atoms with E-state index in [0.29, 0.717) is 34.3 Å². The third-order valence-electron chi connectivity index (χ3n) is 6.02. The zero-order valence-electron chi connectivity index (χ0n) is 20.9. The fourth-order valence-electron chi connectivity index (χ4n) is 4.05. The Hall–Kier alpha value is -3.39. The lowest BCUT2D eigenvalue weighted by Gasteiger charge is -2.20. The summed E-state index contributed by atoms with van der Waals surface area (Å²) in [7, 11) is -3.93. The number of aryl methyl sites for hydroxylation is 1. The van der Waals surface area contributed by atoms with Crippen LogP contribution in [0.25, 0.3) is 6.08 Å². The highest BCUT2D eigenvalue weighted by molar-refractivity contribution is 7.86. The summed E-state index contributed by atoms with van der Waals surface area (Å²) >= 11 is 6.04. The average molecular weight is 538 g/mol. The molecule has 6 nitrogen and oxygen atoms in total. The molecule has 1 aliphatic heterocycles. The van der Waals surface area contributed by atoms with Gasteiger partial charge in [-0.3, -0.25) is 13.9 Å². The topological polar surface area (TPSA) is 72.9 Å². The van der Waals surface area contributed by atoms with Crippen molar-refractivity contribution in [3.8, 4) is 5.75 Å². The Labute approximate surface area is 222 Å². The van der Waals surface area contributed by atoms with E-state index in [0.717, 1.165) is 16.7 Å². The van der Waals surface area contributed by atoms with Crippen molar-refractivity contribution < 1.29 is 22.1 Å². The SMILES string of the molecule is CCOc1ccc(N2C(=O)C(CCOS(=O)(=O)c3ccc(C)cc3)=C(C)/C2=C\c2ccc(Cl)cc2)cc1. The Morgan fingerprint density at radius 1 is 0.919 bits per heavy atom. The number of rotatable bonds is 9. The minimum atomic E-state index is -3.93. The Bertz CT molecular complexity index is 1440. The third kappa shape index (κ3) is 6.13. The van der Waals surface area contributed by atoms with Gasteiger partial charge in [0.05, 0.1) is 23.8 Å². The number of allylic oxidation sites excluding steroid dienone is 1. The van der Waals surface area contributed by atoms with Gasteiger partial charge in [0.2, 0.25) is 0 Å². The number of hydrogen-bond acceptors (Lipinski definition) is 5. The molecule has 3 aromatic rings. The molecule has 1 aliphatic rings. The quantitative estimate of drug-likeness (QED) is 0.289. The Kier molecular flexibility index (Phi) is 8.17. The summed E-state index contributed by atoms with van der Waals surface area (Å²) in [6, 6.07) is 21.1. The van der Waals surface area contributed by atoms with Crippen molar-refractivity contribution in [1.82, 2.24) is 0 Å². The van der Waals surface area contributed by atoms with Crippen LogP contribution >= 0.6 is 11.6 Å². The summed E-state index contributed by atoms with van der Waals surface area (Å²) in [4.78, 5) is 15.3. The number of nitrogens with zero attached hydrogens (tertiary/aromatic N) is 1. The van der Waals surface area contributed by atoms with E-state index in [-0.39, 0.29) is 23.8 Å². The van der Waals surface area contributed by atoms with Crippen LogP contribution in [0, 0.1) is 6.92 Å². The van der Waals surface area contributed by atoms with E-state index in [1.165, 1.54) is 12.1 Å². The van der Waals surface area contributed by atoms with Crippen LogP contribution in [0.2, 0.25) is 5.02 Å². The molecule has 1 heterocycles. The highest BCUT2D eigenvalue weighted by atomic mass is 35.5. The standard InChI is InChI=1S/C29H28ClNO5S/c1-4-35-25-13-11-24(12-14-25)31-28(19-22-7-9-23(30)10-8-22)21(3)27(29(31)32)17-18-36-37(33,34)26-15-5-20(2)6-16-26/h5-16,19H,4,17-18H2,1-3H3/b28-19+. The number of anilines is 1. The molecule has 37 heavy (non-hydrogen) atoms. The van der Waals surface area contributed by atoms with Gasteiger partial charge < -0.3 is 4.74 Å². The first-order chi connectivity index (χ1) is 17.7. The predicted octanol–water partition coefficient (Wildman–Crippen LogP) is 6.55. The number of benzene rings is 3. The fraction of sp³-hybridized carbons (Fsp3) is 0.207. The second kappa shape index (κ2) is 11.3. The average Bonchev–Trinajstić information content (AvgIpc) is 3.10. The number of carbonyl (C=O) groups excluding carboxylic acids is 1. The molecule has 192 valence electrons. The van der Waals surface area contributed by atoms with Crippen molar-refractivity contribution in [2.45, 2.75) is 32.1 Å². The van der Waals surface area contributed by atoms with Crippen molar-refractivity contribution in [2.24, 2.45) is 0 Å². The number of halogens is 1. The molecular weight excluding hydrogens is 510 g/mol. The van der Waals surface area contributed by atoms with Crippen molar-refractivity contribution in [3.63, 3.8) is 0 Å². The normalized spacial score (nSPS) is 15.1. The highest BCUT2D eigenvalue weighted by Crippen LogP contribution is 2.37. The molecular formula is C29H28ClNO5S. The Morgan fingerprint density at radius 3 is 2.19 bits per heavy atom. The molecule has 0 saturated heterocycles. The molecule has 0 fully saturated rings. The summed E-state index contributed by atoms with van der Waals surface area (Å²) in [5.74, 6) is 0.485. The zero-order valence-corrected chi connectivity index (χ0v) is 22.5. The molecule has 0 bridgehead atoms. The maximum atomic E-state index is 13.6. The smallest absolute Gasteiger partial charge is 0.296 e. The lowest BCUT2D eigenvalue weighted by molar-refractivity contribution is -0.114. The van der Waals surface area contributed by atoms with E-state index in [1.807, 2.05) is 63.2 Å². The van der Waals surface area contributed by atoms with Crippen molar-refractivity contribution in [1.29, 1.82) is 0 Å². The lowest BCUT2D eigenvalue weighted by atomic mass is 10.1. The lowest BCUT2D eigenvalue weighted by Crippen LogP contribution is -2.25. The molecule has 1 amide bonds. The van der Waals surface area contributed by atoms with Gasteiger partial charge in [-0.2, -0.15) is 8.42 Å². The van der Waals surface area contributed by atoms with Crippen LogP contribution in [-0.4, -0.2) is 27.5 Å². The van der Waals surface area contributed by atoms with E-state index in [9.17, 15) is 13.2 Å². The van der Waals surface area contributed by atoms with E-state index < -0.39 is 10.1 Å². The van der Waals surface area contributed by atoms with Gasteiger partial charge in [0, 0.05) is 22.7 Å². The first-order valence-corrected chi connectivity index (χ1v) is 13.7. The number of amides is 1. The minimum absolute atomic E-state index is 0.0842. The highest BCUT2D eigenvalue weighted by Gasteiger charge is 2.34. The molecule has 0 unspecified atom stereocenters. The Balaban J connectivity index is 1.61. The molecule has 0 N–H and O–H groups in total. The van der Waals surface area contributed by atoms with Crippen LogP contribution in [0.5, 0.6) is 5.75 Å². The zero-order chi connectivity index (χ0) is 26.6. The van der Waals surface area contributed by atoms with Gasteiger partial charge in [-0.1, -0.05) is 41.4 Å². The fourth-order valence-corrected chi connectivity index (χ4v) is 5.09.